The zero-order valence-electron chi connectivity index (χ0n) is 12.2. The number of rotatable bonds is 4. The van der Waals surface area contributed by atoms with E-state index in [2.05, 4.69) is 0 Å². The van der Waals surface area contributed by atoms with E-state index < -0.39 is 11.9 Å². The molecule has 0 saturated heterocycles. The van der Waals surface area contributed by atoms with Crippen LogP contribution in [0.2, 0.25) is 0 Å². The van der Waals surface area contributed by atoms with Crippen LogP contribution < -0.4 is 4.90 Å². The van der Waals surface area contributed by atoms with Crippen LogP contribution in [0.5, 0.6) is 0 Å². The molecule has 0 radical (unpaired) electrons. The topological polar surface area (TPSA) is 60.9 Å². The van der Waals surface area contributed by atoms with Crippen molar-refractivity contribution in [3.63, 3.8) is 0 Å². The van der Waals surface area contributed by atoms with E-state index in [9.17, 15) is 14.7 Å². The standard InChI is InChI=1S/C16H20N2O3/c1-17(11-6-7-11)15(19)10-18-9-8-13(16(20)21)12-4-2-3-5-14(12)18/h2-5,11,13H,6-10H2,1H3,(H,20,21). The van der Waals surface area contributed by atoms with Crippen LogP contribution in [0.3, 0.4) is 0 Å². The molecule has 5 heteroatoms. The van der Waals surface area contributed by atoms with Crippen LogP contribution in [-0.4, -0.2) is 48.1 Å². The second-order valence-electron chi connectivity index (χ2n) is 5.90. The Morgan fingerprint density at radius 3 is 2.67 bits per heavy atom. The quantitative estimate of drug-likeness (QED) is 0.916. The number of aliphatic carboxylic acids is 1. The third-order valence-corrected chi connectivity index (χ3v) is 4.45. The minimum atomic E-state index is -0.788. The first kappa shape index (κ1) is 13.9. The fraction of sp³-hybridized carbons (Fsp3) is 0.500. The first-order chi connectivity index (χ1) is 10.1. The summed E-state index contributed by atoms with van der Waals surface area (Å²) < 4.78 is 0. The Bertz CT molecular complexity index is 568. The van der Waals surface area contributed by atoms with Gasteiger partial charge in [0, 0.05) is 25.3 Å². The summed E-state index contributed by atoms with van der Waals surface area (Å²) in [4.78, 5) is 27.5. The maximum Gasteiger partial charge on any atom is 0.311 e. The molecule has 3 rings (SSSR count). The van der Waals surface area contributed by atoms with E-state index in [4.69, 9.17) is 0 Å². The predicted octanol–water partition coefficient (Wildman–Crippen LogP) is 1.69. The van der Waals surface area contributed by atoms with Gasteiger partial charge in [-0.1, -0.05) is 18.2 Å². The first-order valence-electron chi connectivity index (χ1n) is 7.40. The number of nitrogens with zero attached hydrogens (tertiary/aromatic N) is 2. The lowest BCUT2D eigenvalue weighted by molar-refractivity contribution is -0.139. The van der Waals surface area contributed by atoms with E-state index in [-0.39, 0.29) is 5.91 Å². The number of hydrogen-bond acceptors (Lipinski definition) is 3. The number of amides is 1. The second kappa shape index (κ2) is 5.39. The molecule has 1 aliphatic heterocycles. The molecule has 1 aromatic carbocycles. The molecule has 1 saturated carbocycles. The zero-order valence-corrected chi connectivity index (χ0v) is 12.2. The fourth-order valence-corrected chi connectivity index (χ4v) is 2.99. The molecule has 0 aromatic heterocycles. The average molecular weight is 288 g/mol. The average Bonchev–Trinajstić information content (AvgIpc) is 3.31. The summed E-state index contributed by atoms with van der Waals surface area (Å²) >= 11 is 0. The summed E-state index contributed by atoms with van der Waals surface area (Å²) in [7, 11) is 1.86. The zero-order chi connectivity index (χ0) is 15.0. The molecule has 21 heavy (non-hydrogen) atoms. The minimum Gasteiger partial charge on any atom is -0.481 e. The molecule has 2 aliphatic rings. The Morgan fingerprint density at radius 1 is 1.29 bits per heavy atom. The van der Waals surface area contributed by atoms with Gasteiger partial charge in [0.1, 0.15) is 0 Å². The number of carboxylic acid groups (broad SMARTS) is 1. The van der Waals surface area contributed by atoms with Crippen LogP contribution in [0.1, 0.15) is 30.7 Å². The summed E-state index contributed by atoms with van der Waals surface area (Å²) in [5, 5.41) is 9.33. The van der Waals surface area contributed by atoms with Gasteiger partial charge in [-0.25, -0.2) is 0 Å². The highest BCUT2D eigenvalue weighted by molar-refractivity contribution is 5.85. The van der Waals surface area contributed by atoms with Crippen LogP contribution in [0, 0.1) is 0 Å². The van der Waals surface area contributed by atoms with Gasteiger partial charge in [0.05, 0.1) is 12.5 Å². The van der Waals surface area contributed by atoms with Gasteiger partial charge in [0.2, 0.25) is 5.91 Å². The largest absolute Gasteiger partial charge is 0.481 e. The molecule has 1 N–H and O–H groups in total. The third-order valence-electron chi connectivity index (χ3n) is 4.45. The fourth-order valence-electron chi connectivity index (χ4n) is 2.99. The Morgan fingerprint density at radius 2 is 2.00 bits per heavy atom. The lowest BCUT2D eigenvalue weighted by Crippen LogP contribution is -2.42. The van der Waals surface area contributed by atoms with Crippen LogP contribution in [0.4, 0.5) is 5.69 Å². The predicted molar refractivity (Wildman–Crippen MR) is 79.4 cm³/mol. The molecule has 0 bridgehead atoms. The minimum absolute atomic E-state index is 0.112. The van der Waals surface area contributed by atoms with E-state index in [1.807, 2.05) is 41.1 Å². The Balaban J connectivity index is 1.79. The lowest BCUT2D eigenvalue weighted by atomic mass is 9.90. The van der Waals surface area contributed by atoms with Crippen molar-refractivity contribution in [2.75, 3.05) is 25.0 Å². The second-order valence-corrected chi connectivity index (χ2v) is 5.90. The van der Waals surface area contributed by atoms with Gasteiger partial charge in [-0.05, 0) is 30.9 Å². The molecule has 1 fully saturated rings. The summed E-state index contributed by atoms with van der Waals surface area (Å²) in [6, 6.07) is 7.93. The number of carboxylic acids is 1. The van der Waals surface area contributed by atoms with Crippen molar-refractivity contribution in [3.05, 3.63) is 29.8 Å². The maximum atomic E-state index is 12.3. The molecule has 1 unspecified atom stereocenters. The molecule has 1 aliphatic carbocycles. The molecule has 1 aromatic rings. The molecule has 1 amide bonds. The van der Waals surface area contributed by atoms with Gasteiger partial charge in [-0.3, -0.25) is 9.59 Å². The molecule has 1 atom stereocenters. The molecule has 1 heterocycles. The molecule has 0 spiro atoms. The van der Waals surface area contributed by atoms with E-state index in [1.54, 1.807) is 0 Å². The van der Waals surface area contributed by atoms with Gasteiger partial charge < -0.3 is 14.9 Å². The highest BCUT2D eigenvalue weighted by atomic mass is 16.4. The van der Waals surface area contributed by atoms with Crippen LogP contribution in [0.25, 0.3) is 0 Å². The Kier molecular flexibility index (Phi) is 3.57. The van der Waals surface area contributed by atoms with Crippen molar-refractivity contribution in [2.45, 2.75) is 31.2 Å². The van der Waals surface area contributed by atoms with Gasteiger partial charge in [0.15, 0.2) is 0 Å². The summed E-state index contributed by atoms with van der Waals surface area (Å²) in [6.07, 6.45) is 2.74. The number of carbonyl (C=O) groups excluding carboxylic acids is 1. The van der Waals surface area contributed by atoms with Crippen molar-refractivity contribution in [2.24, 2.45) is 0 Å². The highest BCUT2D eigenvalue weighted by Crippen LogP contribution is 2.35. The molecular weight excluding hydrogens is 268 g/mol. The van der Waals surface area contributed by atoms with Crippen LogP contribution in [0.15, 0.2) is 24.3 Å². The third kappa shape index (κ3) is 2.73. The number of carbonyl (C=O) groups is 2. The first-order valence-corrected chi connectivity index (χ1v) is 7.40. The molecule has 5 nitrogen and oxygen atoms in total. The number of likely N-dealkylation sites (N-methyl/N-ethyl adjacent to an activating group) is 1. The van der Waals surface area contributed by atoms with E-state index >= 15 is 0 Å². The summed E-state index contributed by atoms with van der Waals surface area (Å²) in [5.41, 5.74) is 1.70. The van der Waals surface area contributed by atoms with Gasteiger partial charge >= 0.3 is 5.97 Å². The van der Waals surface area contributed by atoms with Crippen LogP contribution >= 0.6 is 0 Å². The number of hydrogen-bond donors (Lipinski definition) is 1. The monoisotopic (exact) mass is 288 g/mol. The SMILES string of the molecule is CN(C(=O)CN1CCC(C(=O)O)c2ccccc21)C1CC1. The van der Waals surface area contributed by atoms with Crippen LogP contribution in [-0.2, 0) is 9.59 Å². The van der Waals surface area contributed by atoms with E-state index in [1.165, 1.54) is 0 Å². The van der Waals surface area contributed by atoms with Crippen molar-refractivity contribution >= 4 is 17.6 Å². The number of anilines is 1. The van der Waals surface area contributed by atoms with Crippen molar-refractivity contribution in [1.82, 2.24) is 4.90 Å². The highest BCUT2D eigenvalue weighted by Gasteiger charge is 2.33. The van der Waals surface area contributed by atoms with Gasteiger partial charge in [-0.15, -0.1) is 0 Å². The lowest BCUT2D eigenvalue weighted by Gasteiger charge is -2.34. The van der Waals surface area contributed by atoms with Crippen molar-refractivity contribution in [3.8, 4) is 0 Å². The van der Waals surface area contributed by atoms with Gasteiger partial charge in [-0.2, -0.15) is 0 Å². The number of para-hydroxylation sites is 1. The number of benzene rings is 1. The summed E-state index contributed by atoms with van der Waals surface area (Å²) in [5.74, 6) is -1.14. The normalized spacial score (nSPS) is 20.8. The maximum absolute atomic E-state index is 12.3. The van der Waals surface area contributed by atoms with Crippen molar-refractivity contribution < 1.29 is 14.7 Å². The van der Waals surface area contributed by atoms with Crippen molar-refractivity contribution in [1.29, 1.82) is 0 Å². The summed E-state index contributed by atoms with van der Waals surface area (Å²) in [6.45, 7) is 0.939. The Labute approximate surface area is 124 Å². The van der Waals surface area contributed by atoms with Gasteiger partial charge in [0.25, 0.3) is 0 Å². The Hall–Kier alpha value is -2.04. The number of fused-ring (bicyclic) bond motifs is 1. The molecule has 112 valence electrons. The van der Waals surface area contributed by atoms with E-state index in [0.29, 0.717) is 25.6 Å². The molecular formula is C16H20N2O3. The smallest absolute Gasteiger partial charge is 0.311 e. The van der Waals surface area contributed by atoms with E-state index in [0.717, 1.165) is 24.1 Å².